The number of nitrogens with two attached hydrogens (primary N) is 1. The second-order valence-corrected chi connectivity index (χ2v) is 6.31. The Balaban J connectivity index is 1.71. The maximum atomic E-state index is 10.9. The van der Waals surface area contributed by atoms with Gasteiger partial charge < -0.3 is 15.7 Å². The molecule has 3 N–H and O–H groups in total. The Morgan fingerprint density at radius 3 is 2.89 bits per heavy atom. The molecule has 0 aromatic heterocycles. The Kier molecular flexibility index (Phi) is 4.81. The monoisotopic (exact) mass is 269 g/mol. The van der Waals surface area contributed by atoms with Crippen LogP contribution in [0.15, 0.2) is 0 Å². The van der Waals surface area contributed by atoms with E-state index < -0.39 is 11.5 Å². The lowest BCUT2D eigenvalue weighted by atomic mass is 9.96. The number of hydrogen-bond donors (Lipinski definition) is 2. The number of hydrogen-bond acceptors (Lipinski definition) is 4. The molecule has 2 rings (SSSR count). The molecule has 2 aliphatic rings. The second kappa shape index (κ2) is 6.20. The molecular formula is C14H27N3O2. The standard InChI is InChI=1S/C14H27N3O2/c1-14(15,13(18)19)6-4-7-16-9-10-17-8-3-2-5-12(17)11-16/h12H,2-11,15H2,1H3,(H,18,19). The third kappa shape index (κ3) is 3.91. The SMILES string of the molecule is CC(N)(CCCN1CCN2CCCCC2C1)C(=O)O. The molecule has 0 aromatic rings. The summed E-state index contributed by atoms with van der Waals surface area (Å²) in [5.74, 6) is -0.899. The Hall–Kier alpha value is -0.650. The van der Waals surface area contributed by atoms with E-state index in [1.807, 2.05) is 0 Å². The van der Waals surface area contributed by atoms with Crippen molar-refractivity contribution in [3.63, 3.8) is 0 Å². The number of fused-ring (bicyclic) bond motifs is 1. The molecule has 0 aliphatic carbocycles. The summed E-state index contributed by atoms with van der Waals surface area (Å²) in [6, 6.07) is 0.728. The van der Waals surface area contributed by atoms with Crippen molar-refractivity contribution in [1.29, 1.82) is 0 Å². The lowest BCUT2D eigenvalue weighted by Crippen LogP contribution is -2.55. The van der Waals surface area contributed by atoms with Crippen molar-refractivity contribution in [2.75, 3.05) is 32.7 Å². The molecule has 2 fully saturated rings. The van der Waals surface area contributed by atoms with E-state index in [4.69, 9.17) is 10.8 Å². The molecule has 0 spiro atoms. The summed E-state index contributed by atoms with van der Waals surface area (Å²) in [4.78, 5) is 16.0. The van der Waals surface area contributed by atoms with E-state index in [1.54, 1.807) is 6.92 Å². The number of piperidine rings is 1. The van der Waals surface area contributed by atoms with E-state index >= 15 is 0 Å². The minimum Gasteiger partial charge on any atom is -0.480 e. The smallest absolute Gasteiger partial charge is 0.323 e. The third-order valence-corrected chi connectivity index (χ3v) is 4.58. The first kappa shape index (κ1) is 14.8. The quantitative estimate of drug-likeness (QED) is 0.770. The highest BCUT2D eigenvalue weighted by molar-refractivity contribution is 5.77. The Morgan fingerprint density at radius 2 is 2.16 bits per heavy atom. The normalized spacial score (nSPS) is 28.6. The zero-order valence-corrected chi connectivity index (χ0v) is 12.0. The van der Waals surface area contributed by atoms with Gasteiger partial charge in [-0.2, -0.15) is 0 Å². The average molecular weight is 269 g/mol. The van der Waals surface area contributed by atoms with Gasteiger partial charge in [0.1, 0.15) is 5.54 Å². The molecule has 110 valence electrons. The molecule has 0 aromatic carbocycles. The number of aliphatic carboxylic acids is 1. The molecule has 2 heterocycles. The van der Waals surface area contributed by atoms with Crippen molar-refractivity contribution in [3.8, 4) is 0 Å². The van der Waals surface area contributed by atoms with E-state index in [1.165, 1.54) is 32.4 Å². The van der Waals surface area contributed by atoms with Crippen molar-refractivity contribution >= 4 is 5.97 Å². The Labute approximate surface area is 115 Å². The van der Waals surface area contributed by atoms with Crippen LogP contribution in [-0.4, -0.2) is 65.2 Å². The van der Waals surface area contributed by atoms with Crippen LogP contribution in [-0.2, 0) is 4.79 Å². The van der Waals surface area contributed by atoms with Gasteiger partial charge in [0.05, 0.1) is 0 Å². The fourth-order valence-electron chi connectivity index (χ4n) is 3.20. The van der Waals surface area contributed by atoms with E-state index in [9.17, 15) is 4.79 Å². The van der Waals surface area contributed by atoms with Crippen LogP contribution in [0.2, 0.25) is 0 Å². The molecule has 2 unspecified atom stereocenters. The van der Waals surface area contributed by atoms with Gasteiger partial charge in [-0.15, -0.1) is 0 Å². The van der Waals surface area contributed by atoms with Gasteiger partial charge in [-0.05, 0) is 45.7 Å². The van der Waals surface area contributed by atoms with Crippen LogP contribution in [0.3, 0.4) is 0 Å². The second-order valence-electron chi connectivity index (χ2n) is 6.31. The fraction of sp³-hybridized carbons (Fsp3) is 0.929. The van der Waals surface area contributed by atoms with Gasteiger partial charge in [0.25, 0.3) is 0 Å². The number of rotatable bonds is 5. The van der Waals surface area contributed by atoms with Gasteiger partial charge >= 0.3 is 5.97 Å². The van der Waals surface area contributed by atoms with Crippen molar-refractivity contribution < 1.29 is 9.90 Å². The van der Waals surface area contributed by atoms with Gasteiger partial charge in [-0.25, -0.2) is 0 Å². The van der Waals surface area contributed by atoms with Gasteiger partial charge in [0, 0.05) is 25.7 Å². The summed E-state index contributed by atoms with van der Waals surface area (Å²) in [7, 11) is 0. The number of carboxylic acids is 1. The molecule has 0 bridgehead atoms. The zero-order valence-electron chi connectivity index (χ0n) is 12.0. The molecule has 2 aliphatic heterocycles. The van der Waals surface area contributed by atoms with Crippen molar-refractivity contribution in [1.82, 2.24) is 9.80 Å². The van der Waals surface area contributed by atoms with Gasteiger partial charge in [0.15, 0.2) is 0 Å². The summed E-state index contributed by atoms with van der Waals surface area (Å²) in [5.41, 5.74) is 4.68. The number of nitrogens with zero attached hydrogens (tertiary/aromatic N) is 2. The summed E-state index contributed by atoms with van der Waals surface area (Å²) >= 11 is 0. The van der Waals surface area contributed by atoms with Crippen LogP contribution >= 0.6 is 0 Å². The minimum absolute atomic E-state index is 0.549. The highest BCUT2D eigenvalue weighted by atomic mass is 16.4. The summed E-state index contributed by atoms with van der Waals surface area (Å²) in [5, 5.41) is 8.99. The lowest BCUT2D eigenvalue weighted by Gasteiger charge is -2.44. The molecule has 0 radical (unpaired) electrons. The Morgan fingerprint density at radius 1 is 1.37 bits per heavy atom. The van der Waals surface area contributed by atoms with Crippen LogP contribution in [0.1, 0.15) is 39.0 Å². The first-order valence-corrected chi connectivity index (χ1v) is 7.48. The van der Waals surface area contributed by atoms with Crippen molar-refractivity contribution in [2.45, 2.75) is 50.6 Å². The maximum absolute atomic E-state index is 10.9. The van der Waals surface area contributed by atoms with E-state index in [2.05, 4.69) is 9.80 Å². The largest absolute Gasteiger partial charge is 0.480 e. The van der Waals surface area contributed by atoms with Gasteiger partial charge in [0.2, 0.25) is 0 Å². The molecule has 5 nitrogen and oxygen atoms in total. The zero-order chi connectivity index (χ0) is 13.9. The van der Waals surface area contributed by atoms with E-state index in [-0.39, 0.29) is 0 Å². The number of carbonyl (C=O) groups is 1. The molecule has 19 heavy (non-hydrogen) atoms. The molecule has 2 atom stereocenters. The van der Waals surface area contributed by atoms with Crippen molar-refractivity contribution in [2.24, 2.45) is 5.73 Å². The minimum atomic E-state index is -1.08. The molecule has 5 heteroatoms. The summed E-state index contributed by atoms with van der Waals surface area (Å²) in [6.07, 6.45) is 5.44. The maximum Gasteiger partial charge on any atom is 0.323 e. The number of carboxylic acid groups (broad SMARTS) is 1. The molecular weight excluding hydrogens is 242 g/mol. The van der Waals surface area contributed by atoms with Gasteiger partial charge in [-0.3, -0.25) is 9.69 Å². The predicted octanol–water partition coefficient (Wildman–Crippen LogP) is 0.739. The number of piperazine rings is 1. The first-order chi connectivity index (χ1) is 8.99. The predicted molar refractivity (Wildman–Crippen MR) is 75.1 cm³/mol. The fourth-order valence-corrected chi connectivity index (χ4v) is 3.20. The third-order valence-electron chi connectivity index (χ3n) is 4.58. The molecule has 0 saturated carbocycles. The van der Waals surface area contributed by atoms with Crippen LogP contribution in [0, 0.1) is 0 Å². The van der Waals surface area contributed by atoms with Crippen LogP contribution < -0.4 is 5.73 Å². The van der Waals surface area contributed by atoms with Crippen molar-refractivity contribution in [3.05, 3.63) is 0 Å². The summed E-state index contributed by atoms with van der Waals surface area (Å²) in [6.45, 7) is 7.28. The highest BCUT2D eigenvalue weighted by Gasteiger charge is 2.30. The van der Waals surface area contributed by atoms with Crippen LogP contribution in [0.5, 0.6) is 0 Å². The first-order valence-electron chi connectivity index (χ1n) is 7.48. The Bertz CT molecular complexity index is 320. The lowest BCUT2D eigenvalue weighted by molar-refractivity contribution is -0.143. The van der Waals surface area contributed by atoms with Gasteiger partial charge in [-0.1, -0.05) is 6.42 Å². The van der Waals surface area contributed by atoms with Crippen LogP contribution in [0.25, 0.3) is 0 Å². The highest BCUT2D eigenvalue weighted by Crippen LogP contribution is 2.21. The van der Waals surface area contributed by atoms with E-state index in [0.717, 1.165) is 32.1 Å². The van der Waals surface area contributed by atoms with Crippen LogP contribution in [0.4, 0.5) is 0 Å². The summed E-state index contributed by atoms with van der Waals surface area (Å²) < 4.78 is 0. The average Bonchev–Trinajstić information content (AvgIpc) is 2.38. The molecule has 2 saturated heterocycles. The van der Waals surface area contributed by atoms with E-state index in [0.29, 0.717) is 6.42 Å². The molecule has 0 amide bonds. The topological polar surface area (TPSA) is 69.8 Å².